The Morgan fingerprint density at radius 2 is 1.87 bits per heavy atom. The lowest BCUT2D eigenvalue weighted by Gasteiger charge is -2.32. The first-order valence-corrected chi connectivity index (χ1v) is 9.47. The highest BCUT2D eigenvalue weighted by Crippen LogP contribution is 2.29. The summed E-state index contributed by atoms with van der Waals surface area (Å²) in [6.07, 6.45) is 4.21. The van der Waals surface area contributed by atoms with E-state index < -0.39 is 15.8 Å². The van der Waals surface area contributed by atoms with Crippen molar-refractivity contribution in [3.63, 3.8) is 0 Å². The molecule has 2 aliphatic rings. The van der Waals surface area contributed by atoms with Crippen molar-refractivity contribution in [2.24, 2.45) is 5.92 Å². The first-order valence-electron chi connectivity index (χ1n) is 7.65. The summed E-state index contributed by atoms with van der Waals surface area (Å²) in [5, 5.41) is 3.46. The number of halogens is 3. The smallest absolute Gasteiger partial charge is 0.244 e. The average Bonchev–Trinajstić information content (AvgIpc) is 3.29. The SMILES string of the molecule is Cl.O=S(=O)(c1ccc(F)cc1Cl)N1CCC(NCC2CC2)CC1. The lowest BCUT2D eigenvalue weighted by molar-refractivity contribution is 0.288. The highest BCUT2D eigenvalue weighted by atomic mass is 35.5. The minimum absolute atomic E-state index is 0. The Morgan fingerprint density at radius 3 is 2.43 bits per heavy atom. The van der Waals surface area contributed by atoms with E-state index in [0.717, 1.165) is 37.4 Å². The van der Waals surface area contributed by atoms with Gasteiger partial charge in [-0.1, -0.05) is 11.6 Å². The summed E-state index contributed by atoms with van der Waals surface area (Å²) >= 11 is 5.90. The fourth-order valence-corrected chi connectivity index (χ4v) is 4.75. The Labute approximate surface area is 147 Å². The Hall–Kier alpha value is -0.400. The lowest BCUT2D eigenvalue weighted by Crippen LogP contribution is -2.45. The molecule has 0 amide bonds. The summed E-state index contributed by atoms with van der Waals surface area (Å²) in [6, 6.07) is 3.79. The fraction of sp³-hybridized carbons (Fsp3) is 0.600. The number of sulfonamides is 1. The van der Waals surface area contributed by atoms with Gasteiger partial charge in [-0.15, -0.1) is 12.4 Å². The molecule has 1 saturated heterocycles. The number of benzene rings is 1. The summed E-state index contributed by atoms with van der Waals surface area (Å²) in [4.78, 5) is -0.0139. The van der Waals surface area contributed by atoms with Gasteiger partial charge in [-0.2, -0.15) is 4.31 Å². The van der Waals surface area contributed by atoms with E-state index in [-0.39, 0.29) is 22.3 Å². The molecule has 3 rings (SSSR count). The Bertz CT molecular complexity index is 645. The standard InChI is InChI=1S/C15H20ClFN2O2S.ClH/c16-14-9-12(17)3-4-15(14)22(20,21)19-7-5-13(6-8-19)18-10-11-1-2-11;/h3-4,9,11,13,18H,1-2,5-8,10H2;1H. The lowest BCUT2D eigenvalue weighted by atomic mass is 10.1. The zero-order valence-electron chi connectivity index (χ0n) is 12.7. The van der Waals surface area contributed by atoms with Crippen LogP contribution in [0.15, 0.2) is 23.1 Å². The van der Waals surface area contributed by atoms with E-state index in [2.05, 4.69) is 5.32 Å². The zero-order chi connectivity index (χ0) is 15.7. The Morgan fingerprint density at radius 1 is 1.22 bits per heavy atom. The number of nitrogens with one attached hydrogen (secondary N) is 1. The molecule has 2 fully saturated rings. The van der Waals surface area contributed by atoms with Gasteiger partial charge < -0.3 is 5.32 Å². The third kappa shape index (κ3) is 4.57. The van der Waals surface area contributed by atoms with Gasteiger partial charge in [-0.25, -0.2) is 12.8 Å². The molecule has 0 atom stereocenters. The van der Waals surface area contributed by atoms with Gasteiger partial charge in [0.15, 0.2) is 0 Å². The number of piperidine rings is 1. The molecule has 8 heteroatoms. The van der Waals surface area contributed by atoms with E-state index in [4.69, 9.17) is 11.6 Å². The van der Waals surface area contributed by atoms with Crippen LogP contribution in [-0.2, 0) is 10.0 Å². The van der Waals surface area contributed by atoms with Crippen molar-refractivity contribution >= 4 is 34.0 Å². The van der Waals surface area contributed by atoms with Gasteiger partial charge >= 0.3 is 0 Å². The summed E-state index contributed by atoms with van der Waals surface area (Å²) in [6.45, 7) is 1.98. The second-order valence-corrected chi connectivity index (χ2v) is 8.42. The average molecular weight is 383 g/mol. The van der Waals surface area contributed by atoms with E-state index >= 15 is 0 Å². The van der Waals surface area contributed by atoms with Crippen molar-refractivity contribution in [2.45, 2.75) is 36.6 Å². The molecular weight excluding hydrogens is 362 g/mol. The molecule has 1 heterocycles. The monoisotopic (exact) mass is 382 g/mol. The third-order valence-electron chi connectivity index (χ3n) is 4.36. The highest BCUT2D eigenvalue weighted by Gasteiger charge is 2.31. The molecule has 23 heavy (non-hydrogen) atoms. The van der Waals surface area contributed by atoms with Gasteiger partial charge in [0.25, 0.3) is 0 Å². The molecule has 0 radical (unpaired) electrons. The van der Waals surface area contributed by atoms with Crippen LogP contribution in [0.1, 0.15) is 25.7 Å². The summed E-state index contributed by atoms with van der Waals surface area (Å²) < 4.78 is 39.7. The Balaban J connectivity index is 0.00000192. The van der Waals surface area contributed by atoms with Crippen molar-refractivity contribution in [3.8, 4) is 0 Å². The molecule has 1 aromatic carbocycles. The maximum absolute atomic E-state index is 13.1. The first kappa shape index (κ1) is 18.9. The van der Waals surface area contributed by atoms with Crippen LogP contribution in [0, 0.1) is 11.7 Å². The van der Waals surface area contributed by atoms with E-state index in [0.29, 0.717) is 19.1 Å². The maximum Gasteiger partial charge on any atom is 0.244 e. The van der Waals surface area contributed by atoms with Crippen molar-refractivity contribution in [2.75, 3.05) is 19.6 Å². The molecule has 130 valence electrons. The van der Waals surface area contributed by atoms with Crippen molar-refractivity contribution in [1.82, 2.24) is 9.62 Å². The minimum Gasteiger partial charge on any atom is -0.314 e. The van der Waals surface area contributed by atoms with Crippen LogP contribution < -0.4 is 5.32 Å². The number of nitrogens with zero attached hydrogens (tertiary/aromatic N) is 1. The molecule has 1 aliphatic carbocycles. The van der Waals surface area contributed by atoms with Gasteiger partial charge in [0.05, 0.1) is 5.02 Å². The van der Waals surface area contributed by atoms with Crippen LogP contribution in [0.3, 0.4) is 0 Å². The number of rotatable bonds is 5. The zero-order valence-corrected chi connectivity index (χ0v) is 15.1. The molecule has 1 saturated carbocycles. The summed E-state index contributed by atoms with van der Waals surface area (Å²) in [5.41, 5.74) is 0. The largest absolute Gasteiger partial charge is 0.314 e. The predicted molar refractivity (Wildman–Crippen MR) is 91.2 cm³/mol. The summed E-state index contributed by atoms with van der Waals surface area (Å²) in [7, 11) is -3.64. The van der Waals surface area contributed by atoms with Crippen LogP contribution in [0.4, 0.5) is 4.39 Å². The topological polar surface area (TPSA) is 49.4 Å². The van der Waals surface area contributed by atoms with Crippen LogP contribution in [0.25, 0.3) is 0 Å². The van der Waals surface area contributed by atoms with Crippen molar-refractivity contribution < 1.29 is 12.8 Å². The molecule has 1 aromatic rings. The van der Waals surface area contributed by atoms with Gasteiger partial charge in [0.2, 0.25) is 10.0 Å². The van der Waals surface area contributed by atoms with E-state index in [1.807, 2.05) is 0 Å². The van der Waals surface area contributed by atoms with E-state index in [1.54, 1.807) is 0 Å². The van der Waals surface area contributed by atoms with Gasteiger partial charge in [0, 0.05) is 19.1 Å². The van der Waals surface area contributed by atoms with Gasteiger partial charge in [0.1, 0.15) is 10.7 Å². The van der Waals surface area contributed by atoms with Gasteiger partial charge in [-0.3, -0.25) is 0 Å². The van der Waals surface area contributed by atoms with E-state index in [9.17, 15) is 12.8 Å². The minimum atomic E-state index is -3.64. The van der Waals surface area contributed by atoms with Crippen LogP contribution >= 0.6 is 24.0 Å². The van der Waals surface area contributed by atoms with Crippen LogP contribution in [0.5, 0.6) is 0 Å². The van der Waals surface area contributed by atoms with Crippen molar-refractivity contribution in [3.05, 3.63) is 29.0 Å². The third-order valence-corrected chi connectivity index (χ3v) is 6.74. The second-order valence-electron chi connectivity index (χ2n) is 6.10. The molecule has 4 nitrogen and oxygen atoms in total. The first-order chi connectivity index (χ1) is 10.5. The molecule has 0 aromatic heterocycles. The molecular formula is C15H21Cl2FN2O2S. The highest BCUT2D eigenvalue weighted by molar-refractivity contribution is 7.89. The van der Waals surface area contributed by atoms with Crippen LogP contribution in [-0.4, -0.2) is 38.4 Å². The quantitative estimate of drug-likeness (QED) is 0.850. The molecule has 1 N–H and O–H groups in total. The van der Waals surface area contributed by atoms with Crippen LogP contribution in [0.2, 0.25) is 5.02 Å². The predicted octanol–water partition coefficient (Wildman–Crippen LogP) is 3.05. The van der Waals surface area contributed by atoms with Crippen molar-refractivity contribution in [1.29, 1.82) is 0 Å². The summed E-state index contributed by atoms with van der Waals surface area (Å²) in [5.74, 6) is 0.284. The molecule has 0 unspecified atom stereocenters. The molecule has 0 spiro atoms. The molecule has 0 bridgehead atoms. The fourth-order valence-electron chi connectivity index (χ4n) is 2.78. The van der Waals surface area contributed by atoms with Gasteiger partial charge in [-0.05, 0) is 56.3 Å². The number of hydrogen-bond acceptors (Lipinski definition) is 3. The second kappa shape index (κ2) is 7.66. The number of hydrogen-bond donors (Lipinski definition) is 1. The molecule has 1 aliphatic heterocycles. The normalized spacial score (nSPS) is 20.3. The Kier molecular flexibility index (Phi) is 6.30. The van der Waals surface area contributed by atoms with E-state index in [1.165, 1.54) is 23.2 Å². The maximum atomic E-state index is 13.1.